The van der Waals surface area contributed by atoms with Crippen molar-refractivity contribution in [3.8, 4) is 0 Å². The highest BCUT2D eigenvalue weighted by Gasteiger charge is 2.68. The van der Waals surface area contributed by atoms with E-state index in [0.29, 0.717) is 34.3 Å². The molecule has 66 heavy (non-hydrogen) atoms. The number of anilines is 2. The van der Waals surface area contributed by atoms with E-state index in [1.54, 1.807) is 46.2 Å². The Morgan fingerprint density at radius 3 is 1.26 bits per heavy atom. The van der Waals surface area contributed by atoms with Gasteiger partial charge in [-0.3, -0.25) is 19.2 Å². The molecular formula is C52H44Cl2N2O8S2. The molecule has 10 nitrogen and oxygen atoms in total. The Morgan fingerprint density at radius 1 is 0.530 bits per heavy atom. The summed E-state index contributed by atoms with van der Waals surface area (Å²) in [7, 11) is -6.84. The van der Waals surface area contributed by atoms with Crippen molar-refractivity contribution in [3.05, 3.63) is 200 Å². The molecule has 2 fully saturated rings. The third-order valence-electron chi connectivity index (χ3n) is 13.0. The molecule has 0 radical (unpaired) electrons. The summed E-state index contributed by atoms with van der Waals surface area (Å²) in [4.78, 5) is 55.8. The molecule has 6 aromatic rings. The normalized spacial score (nSPS) is 21.3. The molecule has 2 saturated carbocycles. The number of Topliss-reactive ketones (excluding diaryl/α,β-unsaturated/α-hetero) is 2. The first kappa shape index (κ1) is 45.2. The fraction of sp³-hybridized carbons (Fsp3) is 0.231. The van der Waals surface area contributed by atoms with Gasteiger partial charge in [0.25, 0.3) is 0 Å². The number of hydrogen-bond acceptors (Lipinski definition) is 8. The lowest BCUT2D eigenvalue weighted by molar-refractivity contribution is -0.121. The number of fused-ring (bicyclic) bond motifs is 4. The topological polar surface area (TPSA) is 143 Å². The van der Waals surface area contributed by atoms with Crippen LogP contribution >= 0.6 is 23.2 Å². The second-order valence-corrected chi connectivity index (χ2v) is 22.9. The highest BCUT2D eigenvalue weighted by atomic mass is 35.5. The largest absolute Gasteiger partial charge is 0.307 e. The van der Waals surface area contributed by atoms with Crippen LogP contribution in [-0.2, 0) is 53.2 Å². The summed E-state index contributed by atoms with van der Waals surface area (Å²) in [6, 6.07) is 44.8. The summed E-state index contributed by atoms with van der Waals surface area (Å²) in [5.74, 6) is -1.68. The van der Waals surface area contributed by atoms with Crippen LogP contribution in [0.5, 0.6) is 0 Å². The standard InChI is InChI=1S/2C26H22ClNO4S/c2*1-33(31,32)16-24(29)19-6-4-5-17(13-19)15-28-23-8-3-2-7-21(23)26(25(28)30)14-22(26)18-9-11-20(27)12-10-18/h2*2-13,22H,14-16H2,1H3/t2*22-,26-/m10/s1. The molecule has 0 saturated heterocycles. The number of sulfone groups is 2. The van der Waals surface area contributed by atoms with Gasteiger partial charge in [0.05, 0.1) is 23.9 Å². The number of rotatable bonds is 12. The molecule has 2 heterocycles. The van der Waals surface area contributed by atoms with Crippen LogP contribution in [0.15, 0.2) is 146 Å². The van der Waals surface area contributed by atoms with E-state index in [2.05, 4.69) is 0 Å². The Balaban J connectivity index is 0.000000166. The first-order valence-electron chi connectivity index (χ1n) is 21.3. The zero-order valence-electron chi connectivity index (χ0n) is 36.0. The van der Waals surface area contributed by atoms with E-state index in [4.69, 9.17) is 23.2 Å². The van der Waals surface area contributed by atoms with E-state index >= 15 is 0 Å². The number of carbonyl (C=O) groups is 4. The third-order valence-corrected chi connectivity index (χ3v) is 15.1. The molecule has 4 atom stereocenters. The number of carbonyl (C=O) groups excluding carboxylic acids is 4. The van der Waals surface area contributed by atoms with Crippen molar-refractivity contribution in [3.63, 3.8) is 0 Å². The van der Waals surface area contributed by atoms with E-state index < -0.39 is 53.6 Å². The Morgan fingerprint density at radius 2 is 0.894 bits per heavy atom. The molecule has 14 heteroatoms. The van der Waals surface area contributed by atoms with Crippen LogP contribution < -0.4 is 9.80 Å². The molecule has 6 aromatic carbocycles. The van der Waals surface area contributed by atoms with Crippen molar-refractivity contribution in [1.29, 1.82) is 0 Å². The minimum Gasteiger partial charge on any atom is -0.307 e. The van der Waals surface area contributed by atoms with Crippen LogP contribution in [0.25, 0.3) is 0 Å². The summed E-state index contributed by atoms with van der Waals surface area (Å²) in [5.41, 5.74) is 7.07. The molecular weight excluding hydrogens is 916 g/mol. The molecule has 2 aliphatic carbocycles. The van der Waals surface area contributed by atoms with Crippen molar-refractivity contribution < 1.29 is 36.0 Å². The van der Waals surface area contributed by atoms with Crippen molar-refractivity contribution in [2.24, 2.45) is 0 Å². The fourth-order valence-corrected chi connectivity index (χ4v) is 11.4. The van der Waals surface area contributed by atoms with Gasteiger partial charge in [-0.25, -0.2) is 16.8 Å². The highest BCUT2D eigenvalue weighted by Crippen LogP contribution is 2.67. The average Bonchev–Trinajstić information content (AvgIpc) is 4.19. The van der Waals surface area contributed by atoms with Crippen molar-refractivity contribution >= 4 is 77.6 Å². The number of para-hydroxylation sites is 2. The Kier molecular flexibility index (Phi) is 11.7. The van der Waals surface area contributed by atoms with Gasteiger partial charge in [0, 0.05) is 56.9 Å². The van der Waals surface area contributed by atoms with Gasteiger partial charge in [0.2, 0.25) is 11.8 Å². The fourth-order valence-electron chi connectivity index (χ4n) is 9.90. The van der Waals surface area contributed by atoms with Crippen molar-refractivity contribution in [2.45, 2.75) is 48.6 Å². The molecule has 0 bridgehead atoms. The second kappa shape index (κ2) is 17.1. The highest BCUT2D eigenvalue weighted by molar-refractivity contribution is 7.91. The van der Waals surface area contributed by atoms with E-state index in [-0.39, 0.29) is 23.7 Å². The molecule has 4 aliphatic rings. The quantitative estimate of drug-likeness (QED) is 0.111. The molecule has 10 rings (SSSR count). The molecule has 336 valence electrons. The maximum Gasteiger partial charge on any atom is 0.238 e. The van der Waals surface area contributed by atoms with Gasteiger partial charge in [-0.2, -0.15) is 0 Å². The van der Waals surface area contributed by atoms with Crippen LogP contribution in [0.1, 0.15) is 78.8 Å². The SMILES string of the molecule is CS(=O)(=O)CC(=O)c1cccc(CN2C(=O)[C@@]3(C[C@H]3c3ccc(Cl)cc3)c3ccccc32)c1.CS(=O)(=O)CC(=O)c1cccc(CN2C(=O)[C@]3(C[C@@H]3c3ccc(Cl)cc3)c3ccccc32)c1. The minimum absolute atomic E-state index is 0.0523. The molecule has 0 aromatic heterocycles. The number of hydrogen-bond donors (Lipinski definition) is 0. The number of ketones is 2. The molecule has 2 spiro atoms. The van der Waals surface area contributed by atoms with Crippen molar-refractivity contribution in [1.82, 2.24) is 0 Å². The predicted octanol–water partition coefficient (Wildman–Crippen LogP) is 9.08. The van der Waals surface area contributed by atoms with Gasteiger partial charge in [0.1, 0.15) is 11.5 Å². The maximum atomic E-state index is 13.8. The zero-order valence-corrected chi connectivity index (χ0v) is 39.1. The van der Waals surface area contributed by atoms with Gasteiger partial charge >= 0.3 is 0 Å². The van der Waals surface area contributed by atoms with E-state index in [1.165, 1.54) is 0 Å². The van der Waals surface area contributed by atoms with E-state index in [9.17, 15) is 36.0 Å². The third kappa shape index (κ3) is 8.63. The van der Waals surface area contributed by atoms with E-state index in [0.717, 1.165) is 70.1 Å². The molecule has 0 unspecified atom stereocenters. The van der Waals surface area contributed by atoms with Gasteiger partial charge in [-0.1, -0.05) is 120 Å². The Hall–Kier alpha value is -5.92. The van der Waals surface area contributed by atoms with Crippen LogP contribution in [0.3, 0.4) is 0 Å². The zero-order chi connectivity index (χ0) is 46.8. The molecule has 2 aliphatic heterocycles. The summed E-state index contributed by atoms with van der Waals surface area (Å²) >= 11 is 12.1. The average molecular weight is 960 g/mol. The molecule has 0 N–H and O–H groups in total. The van der Waals surface area contributed by atoms with Gasteiger partial charge < -0.3 is 9.80 Å². The van der Waals surface area contributed by atoms with Gasteiger partial charge in [-0.15, -0.1) is 0 Å². The summed E-state index contributed by atoms with van der Waals surface area (Å²) in [6.45, 7) is 0.621. The maximum absolute atomic E-state index is 13.8. The Bertz CT molecular complexity index is 2980. The second-order valence-electron chi connectivity index (χ2n) is 17.8. The van der Waals surface area contributed by atoms with Gasteiger partial charge in [-0.05, 0) is 94.8 Å². The monoisotopic (exact) mass is 958 g/mol. The van der Waals surface area contributed by atoms with Crippen LogP contribution in [-0.4, -0.2) is 64.2 Å². The number of nitrogens with zero attached hydrogens (tertiary/aromatic N) is 2. The number of halogens is 2. The van der Waals surface area contributed by atoms with E-state index in [1.807, 2.05) is 109 Å². The lowest BCUT2D eigenvalue weighted by atomic mass is 9.92. The number of amides is 2. The lowest BCUT2D eigenvalue weighted by Gasteiger charge is -2.19. The van der Waals surface area contributed by atoms with Crippen molar-refractivity contribution in [2.75, 3.05) is 33.8 Å². The summed E-state index contributed by atoms with van der Waals surface area (Å²) < 4.78 is 46.1. The minimum atomic E-state index is -3.42. The number of benzene rings is 6. The van der Waals surface area contributed by atoms with Crippen LogP contribution in [0.2, 0.25) is 10.0 Å². The van der Waals surface area contributed by atoms with Crippen LogP contribution in [0, 0.1) is 0 Å². The Labute approximate surface area is 394 Å². The first-order chi connectivity index (χ1) is 31.4. The predicted molar refractivity (Wildman–Crippen MR) is 257 cm³/mol. The summed E-state index contributed by atoms with van der Waals surface area (Å²) in [6.07, 6.45) is 3.57. The lowest BCUT2D eigenvalue weighted by Crippen LogP contribution is -2.32. The first-order valence-corrected chi connectivity index (χ1v) is 26.2. The summed E-state index contributed by atoms with van der Waals surface area (Å²) in [5, 5.41) is 1.33. The van der Waals surface area contributed by atoms with Gasteiger partial charge in [0.15, 0.2) is 31.2 Å². The van der Waals surface area contributed by atoms with Crippen LogP contribution in [0.4, 0.5) is 11.4 Å². The smallest absolute Gasteiger partial charge is 0.238 e. The molecule has 2 amide bonds.